The Balaban J connectivity index is 1.52. The van der Waals surface area contributed by atoms with Gasteiger partial charge in [0.2, 0.25) is 0 Å². The van der Waals surface area contributed by atoms with E-state index >= 15 is 0 Å². The molecule has 2 aromatic rings. The topological polar surface area (TPSA) is 66.9 Å². The summed E-state index contributed by atoms with van der Waals surface area (Å²) in [6, 6.07) is 6.34. The Morgan fingerprint density at radius 1 is 1.08 bits per heavy atom. The molecule has 0 fully saturated rings. The van der Waals surface area contributed by atoms with Crippen LogP contribution in [0.4, 0.5) is 20.3 Å². The normalized spacial score (nSPS) is 13.8. The predicted octanol–water partition coefficient (Wildman–Crippen LogP) is 4.31. The molecular formula is C19H20F2N4O. The molecule has 0 spiro atoms. The first-order valence-corrected chi connectivity index (χ1v) is 8.64. The Morgan fingerprint density at radius 3 is 2.65 bits per heavy atom. The fraction of sp³-hybridized carbons (Fsp3) is 0.316. The molecule has 7 heteroatoms. The van der Waals surface area contributed by atoms with E-state index in [1.54, 1.807) is 6.07 Å². The van der Waals surface area contributed by atoms with Crippen molar-refractivity contribution in [2.45, 2.75) is 32.1 Å². The predicted molar refractivity (Wildman–Crippen MR) is 96.0 cm³/mol. The van der Waals surface area contributed by atoms with Gasteiger partial charge in [0, 0.05) is 18.3 Å². The standard InChI is InChI=1S/C19H20F2N4O/c20-15-7-6-14(12-16(15)21)23-19(26)17-8-9-18(25-24-17)22-11-10-13-4-2-1-3-5-13/h4,6-9,12H,1-3,5,10-11H2,(H,22,25)(H,23,26). The molecule has 0 bridgehead atoms. The van der Waals surface area contributed by atoms with Crippen LogP contribution in [0.5, 0.6) is 0 Å². The molecule has 3 rings (SSSR count). The fourth-order valence-electron chi connectivity index (χ4n) is 2.80. The maximum Gasteiger partial charge on any atom is 0.276 e. The van der Waals surface area contributed by atoms with Gasteiger partial charge >= 0.3 is 0 Å². The van der Waals surface area contributed by atoms with Gasteiger partial charge in [-0.1, -0.05) is 11.6 Å². The number of rotatable bonds is 6. The molecule has 0 saturated heterocycles. The Kier molecular flexibility index (Phi) is 5.88. The number of halogens is 2. The number of aromatic nitrogens is 2. The van der Waals surface area contributed by atoms with E-state index in [4.69, 9.17) is 0 Å². The Bertz CT molecular complexity index is 806. The molecule has 1 aromatic carbocycles. The average molecular weight is 358 g/mol. The lowest BCUT2D eigenvalue weighted by Crippen LogP contribution is -2.15. The van der Waals surface area contributed by atoms with Crippen molar-refractivity contribution in [2.75, 3.05) is 17.2 Å². The quantitative estimate of drug-likeness (QED) is 0.755. The van der Waals surface area contributed by atoms with Gasteiger partial charge in [0.1, 0.15) is 5.82 Å². The lowest BCUT2D eigenvalue weighted by Gasteiger charge is -2.13. The van der Waals surface area contributed by atoms with Gasteiger partial charge < -0.3 is 10.6 Å². The van der Waals surface area contributed by atoms with E-state index in [-0.39, 0.29) is 11.4 Å². The third kappa shape index (κ3) is 4.84. The largest absolute Gasteiger partial charge is 0.368 e. The summed E-state index contributed by atoms with van der Waals surface area (Å²) in [5.41, 5.74) is 1.72. The second-order valence-corrected chi connectivity index (χ2v) is 6.17. The van der Waals surface area contributed by atoms with Crippen LogP contribution in [0.1, 0.15) is 42.6 Å². The molecule has 26 heavy (non-hydrogen) atoms. The number of benzene rings is 1. The van der Waals surface area contributed by atoms with Crippen LogP contribution in [0.3, 0.4) is 0 Å². The summed E-state index contributed by atoms with van der Waals surface area (Å²) >= 11 is 0. The van der Waals surface area contributed by atoms with E-state index in [9.17, 15) is 13.6 Å². The Labute approximate surface area is 150 Å². The van der Waals surface area contributed by atoms with Gasteiger partial charge in [-0.05, 0) is 56.4 Å². The number of anilines is 2. The van der Waals surface area contributed by atoms with Gasteiger partial charge in [0.25, 0.3) is 5.91 Å². The van der Waals surface area contributed by atoms with Crippen LogP contribution in [-0.4, -0.2) is 22.6 Å². The summed E-state index contributed by atoms with van der Waals surface area (Å²) in [5.74, 6) is -1.95. The SMILES string of the molecule is O=C(Nc1ccc(F)c(F)c1)c1ccc(NCCC2=CCCCC2)nn1. The van der Waals surface area contributed by atoms with E-state index in [0.29, 0.717) is 5.82 Å². The smallest absolute Gasteiger partial charge is 0.276 e. The van der Waals surface area contributed by atoms with Crippen molar-refractivity contribution >= 4 is 17.4 Å². The molecular weight excluding hydrogens is 338 g/mol. The lowest BCUT2D eigenvalue weighted by atomic mass is 9.97. The molecule has 1 heterocycles. The number of amides is 1. The van der Waals surface area contributed by atoms with Gasteiger partial charge in [-0.2, -0.15) is 0 Å². The molecule has 1 amide bonds. The van der Waals surface area contributed by atoms with E-state index < -0.39 is 17.5 Å². The first-order valence-electron chi connectivity index (χ1n) is 8.64. The highest BCUT2D eigenvalue weighted by Crippen LogP contribution is 2.20. The molecule has 0 saturated carbocycles. The van der Waals surface area contributed by atoms with Crippen LogP contribution in [0.25, 0.3) is 0 Å². The Morgan fingerprint density at radius 2 is 1.96 bits per heavy atom. The van der Waals surface area contributed by atoms with E-state index in [0.717, 1.165) is 37.9 Å². The third-order valence-electron chi connectivity index (χ3n) is 4.21. The fourth-order valence-corrected chi connectivity index (χ4v) is 2.80. The zero-order valence-corrected chi connectivity index (χ0v) is 14.3. The molecule has 5 nitrogen and oxygen atoms in total. The van der Waals surface area contributed by atoms with Gasteiger partial charge in [0.15, 0.2) is 17.3 Å². The van der Waals surface area contributed by atoms with Crippen LogP contribution in [0, 0.1) is 11.6 Å². The molecule has 1 aliphatic carbocycles. The number of allylic oxidation sites excluding steroid dienone is 1. The summed E-state index contributed by atoms with van der Waals surface area (Å²) < 4.78 is 26.1. The van der Waals surface area contributed by atoms with E-state index in [2.05, 4.69) is 26.9 Å². The second kappa shape index (κ2) is 8.51. The van der Waals surface area contributed by atoms with Crippen molar-refractivity contribution in [3.05, 3.63) is 59.3 Å². The minimum absolute atomic E-state index is 0.0928. The summed E-state index contributed by atoms with van der Waals surface area (Å²) in [5, 5.41) is 13.5. The van der Waals surface area contributed by atoms with Crippen molar-refractivity contribution in [1.29, 1.82) is 0 Å². The average Bonchev–Trinajstić information content (AvgIpc) is 2.66. The monoisotopic (exact) mass is 358 g/mol. The number of hydrogen-bond donors (Lipinski definition) is 2. The van der Waals surface area contributed by atoms with Crippen molar-refractivity contribution < 1.29 is 13.6 Å². The maximum atomic E-state index is 13.2. The number of carbonyl (C=O) groups excluding carboxylic acids is 1. The van der Waals surface area contributed by atoms with Crippen molar-refractivity contribution in [2.24, 2.45) is 0 Å². The van der Waals surface area contributed by atoms with Crippen LogP contribution < -0.4 is 10.6 Å². The number of nitrogens with zero attached hydrogens (tertiary/aromatic N) is 2. The number of nitrogens with one attached hydrogen (secondary N) is 2. The summed E-state index contributed by atoms with van der Waals surface area (Å²) in [7, 11) is 0. The minimum atomic E-state index is -1.03. The molecule has 0 atom stereocenters. The molecule has 2 N–H and O–H groups in total. The third-order valence-corrected chi connectivity index (χ3v) is 4.21. The van der Waals surface area contributed by atoms with Crippen LogP contribution in [-0.2, 0) is 0 Å². The number of hydrogen-bond acceptors (Lipinski definition) is 4. The lowest BCUT2D eigenvalue weighted by molar-refractivity contribution is 0.102. The number of carbonyl (C=O) groups is 1. The molecule has 0 aliphatic heterocycles. The summed E-state index contributed by atoms with van der Waals surface area (Å²) in [6.45, 7) is 0.765. The first-order chi connectivity index (χ1) is 12.6. The maximum absolute atomic E-state index is 13.2. The van der Waals surface area contributed by atoms with Crippen LogP contribution >= 0.6 is 0 Å². The van der Waals surface area contributed by atoms with Crippen LogP contribution in [0.2, 0.25) is 0 Å². The minimum Gasteiger partial charge on any atom is -0.368 e. The van der Waals surface area contributed by atoms with Gasteiger partial charge in [-0.25, -0.2) is 8.78 Å². The zero-order valence-electron chi connectivity index (χ0n) is 14.3. The molecule has 136 valence electrons. The highest BCUT2D eigenvalue weighted by molar-refractivity contribution is 6.02. The van der Waals surface area contributed by atoms with Gasteiger partial charge in [-0.15, -0.1) is 10.2 Å². The molecule has 1 aliphatic rings. The second-order valence-electron chi connectivity index (χ2n) is 6.17. The van der Waals surface area contributed by atoms with Crippen molar-refractivity contribution in [3.63, 3.8) is 0 Å². The Hall–Kier alpha value is -2.83. The highest BCUT2D eigenvalue weighted by Gasteiger charge is 2.11. The van der Waals surface area contributed by atoms with Crippen molar-refractivity contribution in [1.82, 2.24) is 10.2 Å². The van der Waals surface area contributed by atoms with E-state index in [1.165, 1.54) is 30.5 Å². The van der Waals surface area contributed by atoms with Crippen molar-refractivity contribution in [3.8, 4) is 0 Å². The summed E-state index contributed by atoms with van der Waals surface area (Å²) in [4.78, 5) is 12.1. The highest BCUT2D eigenvalue weighted by atomic mass is 19.2. The van der Waals surface area contributed by atoms with Gasteiger partial charge in [-0.3, -0.25) is 4.79 Å². The van der Waals surface area contributed by atoms with E-state index in [1.807, 2.05) is 0 Å². The van der Waals surface area contributed by atoms with Crippen LogP contribution in [0.15, 0.2) is 42.0 Å². The zero-order chi connectivity index (χ0) is 18.4. The molecule has 0 unspecified atom stereocenters. The van der Waals surface area contributed by atoms with Gasteiger partial charge in [0.05, 0.1) is 0 Å². The molecule has 0 radical (unpaired) electrons. The first kappa shape index (κ1) is 18.0. The summed E-state index contributed by atoms with van der Waals surface area (Å²) in [6.07, 6.45) is 8.14. The molecule has 1 aromatic heterocycles.